The molecule has 2 rings (SSSR count). The number of nitrogens with two attached hydrogens (primary N) is 1. The highest BCUT2D eigenvalue weighted by molar-refractivity contribution is 5.81. The van der Waals surface area contributed by atoms with E-state index < -0.39 is 0 Å². The maximum absolute atomic E-state index is 12.3. The fraction of sp³-hybridized carbons (Fsp3) is 0.562. The van der Waals surface area contributed by atoms with E-state index in [0.717, 1.165) is 12.0 Å². The van der Waals surface area contributed by atoms with Crippen LogP contribution >= 0.6 is 0 Å². The number of nitrogens with zero attached hydrogens (tertiary/aromatic N) is 1. The number of methoxy groups -OCH3 is 2. The van der Waals surface area contributed by atoms with E-state index in [1.807, 2.05) is 23.1 Å². The molecule has 1 aliphatic heterocycles. The first-order chi connectivity index (χ1) is 10.0. The number of amides is 1. The molecule has 0 radical (unpaired) electrons. The number of hydrogen-bond donors (Lipinski definition) is 1. The van der Waals surface area contributed by atoms with Crippen LogP contribution in [0.25, 0.3) is 0 Å². The van der Waals surface area contributed by atoms with E-state index in [1.165, 1.54) is 0 Å². The molecule has 0 bridgehead atoms. The molecule has 1 aromatic rings. The zero-order chi connectivity index (χ0) is 15.6. The summed E-state index contributed by atoms with van der Waals surface area (Å²) in [4.78, 5) is 14.2. The lowest BCUT2D eigenvalue weighted by Gasteiger charge is -2.33. The van der Waals surface area contributed by atoms with E-state index >= 15 is 0 Å². The highest BCUT2D eigenvalue weighted by atomic mass is 16.5. The molecule has 0 aromatic heterocycles. The van der Waals surface area contributed by atoms with Crippen molar-refractivity contribution in [2.75, 3.05) is 14.2 Å². The van der Waals surface area contributed by atoms with Crippen LogP contribution in [0.3, 0.4) is 0 Å². The van der Waals surface area contributed by atoms with Gasteiger partial charge in [-0.05, 0) is 19.4 Å². The Morgan fingerprint density at radius 3 is 2.67 bits per heavy atom. The van der Waals surface area contributed by atoms with Gasteiger partial charge in [-0.15, -0.1) is 0 Å². The van der Waals surface area contributed by atoms with Crippen molar-refractivity contribution in [3.05, 3.63) is 23.8 Å². The van der Waals surface area contributed by atoms with Gasteiger partial charge in [0, 0.05) is 24.1 Å². The van der Waals surface area contributed by atoms with Crippen LogP contribution < -0.4 is 15.2 Å². The van der Waals surface area contributed by atoms with Crippen molar-refractivity contribution in [2.45, 2.75) is 44.8 Å². The van der Waals surface area contributed by atoms with Gasteiger partial charge < -0.3 is 20.1 Å². The van der Waals surface area contributed by atoms with Gasteiger partial charge in [-0.1, -0.05) is 19.1 Å². The van der Waals surface area contributed by atoms with Crippen molar-refractivity contribution in [1.82, 2.24) is 4.90 Å². The first-order valence-electron chi connectivity index (χ1n) is 7.32. The summed E-state index contributed by atoms with van der Waals surface area (Å²) in [6.45, 7) is 4.12. The molecule has 1 aliphatic rings. The predicted octanol–water partition coefficient (Wildman–Crippen LogP) is 2.10. The molecule has 1 heterocycles. The Bertz CT molecular complexity index is 518. The highest BCUT2D eigenvalue weighted by Gasteiger charge is 2.42. The third-order valence-electron chi connectivity index (χ3n) is 4.22. The second kappa shape index (κ2) is 6.35. The van der Waals surface area contributed by atoms with E-state index in [1.54, 1.807) is 14.2 Å². The summed E-state index contributed by atoms with van der Waals surface area (Å²) in [6.07, 6.45) is 1.26. The number of hydrogen-bond acceptors (Lipinski definition) is 4. The zero-order valence-electron chi connectivity index (χ0n) is 13.1. The molecule has 5 nitrogen and oxygen atoms in total. The Hall–Kier alpha value is -1.75. The molecule has 3 atom stereocenters. The fourth-order valence-electron chi connectivity index (χ4n) is 3.02. The van der Waals surface area contributed by atoms with Gasteiger partial charge in [-0.3, -0.25) is 4.79 Å². The average molecular weight is 292 g/mol. The Kier molecular flexibility index (Phi) is 4.73. The smallest absolute Gasteiger partial charge is 0.225 e. The second-order valence-corrected chi connectivity index (χ2v) is 5.45. The number of likely N-dealkylation sites (tertiary alicyclic amines) is 1. The summed E-state index contributed by atoms with van der Waals surface area (Å²) >= 11 is 0. The molecular weight excluding hydrogens is 268 g/mol. The van der Waals surface area contributed by atoms with Crippen LogP contribution in [0.5, 0.6) is 11.5 Å². The Balaban J connectivity index is 2.50. The van der Waals surface area contributed by atoms with E-state index in [2.05, 4.69) is 13.8 Å². The average Bonchev–Trinajstić information content (AvgIpc) is 2.79. The molecule has 3 unspecified atom stereocenters. The van der Waals surface area contributed by atoms with Crippen molar-refractivity contribution < 1.29 is 14.3 Å². The summed E-state index contributed by atoms with van der Waals surface area (Å²) in [5.74, 6) is 1.42. The van der Waals surface area contributed by atoms with Crippen molar-refractivity contribution in [3.8, 4) is 11.5 Å². The Morgan fingerprint density at radius 2 is 2.10 bits per heavy atom. The number of carbonyl (C=O) groups excluding carboxylic acids is 1. The van der Waals surface area contributed by atoms with E-state index in [0.29, 0.717) is 17.9 Å². The third kappa shape index (κ3) is 2.70. The molecule has 21 heavy (non-hydrogen) atoms. The van der Waals surface area contributed by atoms with Crippen LogP contribution in [0.15, 0.2) is 18.2 Å². The van der Waals surface area contributed by atoms with Gasteiger partial charge in [0.25, 0.3) is 0 Å². The number of carbonyl (C=O) groups is 1. The van der Waals surface area contributed by atoms with Gasteiger partial charge in [0.05, 0.1) is 20.3 Å². The minimum Gasteiger partial charge on any atom is -0.493 e. The van der Waals surface area contributed by atoms with E-state index in [-0.39, 0.29) is 24.0 Å². The van der Waals surface area contributed by atoms with Gasteiger partial charge in [0.15, 0.2) is 11.5 Å². The van der Waals surface area contributed by atoms with E-state index in [9.17, 15) is 4.79 Å². The summed E-state index contributed by atoms with van der Waals surface area (Å²) in [6, 6.07) is 5.45. The topological polar surface area (TPSA) is 64.8 Å². The van der Waals surface area contributed by atoms with Crippen LogP contribution in [0.2, 0.25) is 0 Å². The molecule has 0 saturated carbocycles. The molecular formula is C16H24N2O3. The Morgan fingerprint density at radius 1 is 1.38 bits per heavy atom. The quantitative estimate of drug-likeness (QED) is 0.902. The molecule has 1 aromatic carbocycles. The normalized spacial score (nSPS) is 23.3. The molecule has 5 heteroatoms. The van der Waals surface area contributed by atoms with Crippen LogP contribution in [-0.4, -0.2) is 37.1 Å². The fourth-order valence-corrected chi connectivity index (χ4v) is 3.02. The number of benzene rings is 1. The lowest BCUT2D eigenvalue weighted by Crippen LogP contribution is -2.39. The van der Waals surface area contributed by atoms with Gasteiger partial charge >= 0.3 is 0 Å². The third-order valence-corrected chi connectivity index (χ3v) is 4.22. The molecule has 1 saturated heterocycles. The molecule has 116 valence electrons. The van der Waals surface area contributed by atoms with E-state index in [4.69, 9.17) is 15.2 Å². The Labute approximate surface area is 126 Å². The monoisotopic (exact) mass is 292 g/mol. The molecule has 1 fully saturated rings. The zero-order valence-corrected chi connectivity index (χ0v) is 13.1. The maximum atomic E-state index is 12.3. The molecule has 0 aliphatic carbocycles. The summed E-state index contributed by atoms with van der Waals surface area (Å²) < 4.78 is 10.9. The first-order valence-corrected chi connectivity index (χ1v) is 7.32. The van der Waals surface area contributed by atoms with Crippen molar-refractivity contribution in [2.24, 2.45) is 5.73 Å². The predicted molar refractivity (Wildman–Crippen MR) is 81.5 cm³/mol. The van der Waals surface area contributed by atoms with Gasteiger partial charge in [-0.25, -0.2) is 0 Å². The standard InChI is InChI=1S/C16H24N2O3/c1-5-10(2)18-14(19)9-12(17)15(18)11-7-6-8-13(20-3)16(11)21-4/h6-8,10,12,15H,5,9,17H2,1-4H3. The van der Waals surface area contributed by atoms with Crippen LogP contribution in [0.1, 0.15) is 38.3 Å². The van der Waals surface area contributed by atoms with Gasteiger partial charge in [-0.2, -0.15) is 0 Å². The van der Waals surface area contributed by atoms with Crippen molar-refractivity contribution >= 4 is 5.91 Å². The van der Waals surface area contributed by atoms with Crippen molar-refractivity contribution in [1.29, 1.82) is 0 Å². The molecule has 0 spiro atoms. The summed E-state index contributed by atoms with van der Waals surface area (Å²) in [5, 5.41) is 0. The minimum atomic E-state index is -0.229. The lowest BCUT2D eigenvalue weighted by atomic mass is 9.98. The minimum absolute atomic E-state index is 0.103. The number of para-hydroxylation sites is 1. The SMILES string of the molecule is CCC(C)N1C(=O)CC(N)C1c1cccc(OC)c1OC. The van der Waals surface area contributed by atoms with Crippen LogP contribution in [-0.2, 0) is 4.79 Å². The lowest BCUT2D eigenvalue weighted by molar-refractivity contribution is -0.131. The highest BCUT2D eigenvalue weighted by Crippen LogP contribution is 2.42. The number of ether oxygens (including phenoxy) is 2. The summed E-state index contributed by atoms with van der Waals surface area (Å²) in [7, 11) is 3.21. The van der Waals surface area contributed by atoms with Crippen LogP contribution in [0.4, 0.5) is 0 Å². The second-order valence-electron chi connectivity index (χ2n) is 5.45. The first kappa shape index (κ1) is 15.6. The maximum Gasteiger partial charge on any atom is 0.225 e. The molecule has 1 amide bonds. The van der Waals surface area contributed by atoms with Gasteiger partial charge in [0.1, 0.15) is 0 Å². The van der Waals surface area contributed by atoms with Crippen LogP contribution in [0, 0.1) is 0 Å². The number of rotatable bonds is 5. The molecule has 2 N–H and O–H groups in total. The van der Waals surface area contributed by atoms with Gasteiger partial charge in [0.2, 0.25) is 5.91 Å². The van der Waals surface area contributed by atoms with Crippen molar-refractivity contribution in [3.63, 3.8) is 0 Å². The largest absolute Gasteiger partial charge is 0.493 e. The summed E-state index contributed by atoms with van der Waals surface area (Å²) in [5.41, 5.74) is 7.15.